The number of hydrogen-bond donors (Lipinski definition) is 2. The van der Waals surface area contributed by atoms with E-state index in [1.165, 1.54) is 12.8 Å². The first-order valence-electron chi connectivity index (χ1n) is 8.50. The zero-order valence-electron chi connectivity index (χ0n) is 13.1. The number of rotatable bonds is 4. The fourth-order valence-electron chi connectivity index (χ4n) is 4.05. The standard InChI is InChI=1S/C16H22ClN5O/c17-15-19-13(21-16(9-23)7-3-4-8-16)12-14(20-15)22(10-18-12)11-5-1-2-6-11/h10-11,23H,1-9H2,(H,19,20,21). The first-order valence-corrected chi connectivity index (χ1v) is 8.88. The van der Waals surface area contributed by atoms with Crippen molar-refractivity contribution in [3.63, 3.8) is 0 Å². The highest BCUT2D eigenvalue weighted by Gasteiger charge is 2.34. The van der Waals surface area contributed by atoms with E-state index in [-0.39, 0.29) is 17.4 Å². The van der Waals surface area contributed by atoms with E-state index in [2.05, 4.69) is 24.8 Å². The molecule has 2 aromatic heterocycles. The van der Waals surface area contributed by atoms with Crippen molar-refractivity contribution in [2.45, 2.75) is 62.9 Å². The molecule has 2 saturated carbocycles. The molecule has 4 rings (SSSR count). The van der Waals surface area contributed by atoms with E-state index < -0.39 is 0 Å². The Morgan fingerprint density at radius 1 is 1.22 bits per heavy atom. The minimum absolute atomic E-state index is 0.0967. The van der Waals surface area contributed by atoms with Gasteiger partial charge in [0.2, 0.25) is 5.28 Å². The van der Waals surface area contributed by atoms with Crippen LogP contribution in [0.1, 0.15) is 57.4 Å². The van der Waals surface area contributed by atoms with E-state index in [0.29, 0.717) is 11.9 Å². The maximum absolute atomic E-state index is 9.83. The van der Waals surface area contributed by atoms with Gasteiger partial charge in [0.25, 0.3) is 0 Å². The number of nitrogens with one attached hydrogen (secondary N) is 1. The second kappa shape index (κ2) is 5.91. The van der Waals surface area contributed by atoms with Gasteiger partial charge in [-0.2, -0.15) is 9.97 Å². The van der Waals surface area contributed by atoms with E-state index in [0.717, 1.165) is 49.7 Å². The molecule has 0 spiro atoms. The van der Waals surface area contributed by atoms with E-state index in [4.69, 9.17) is 11.6 Å². The third kappa shape index (κ3) is 2.68. The molecule has 0 atom stereocenters. The maximum Gasteiger partial charge on any atom is 0.226 e. The number of aromatic nitrogens is 4. The molecule has 6 nitrogen and oxygen atoms in total. The van der Waals surface area contributed by atoms with Crippen LogP contribution < -0.4 is 5.32 Å². The minimum Gasteiger partial charge on any atom is -0.394 e. The fraction of sp³-hybridized carbons (Fsp3) is 0.688. The summed E-state index contributed by atoms with van der Waals surface area (Å²) in [7, 11) is 0. The average Bonchev–Trinajstić information content (AvgIpc) is 3.27. The van der Waals surface area contributed by atoms with Crippen LogP contribution in [0.4, 0.5) is 5.82 Å². The molecule has 0 aromatic carbocycles. The van der Waals surface area contributed by atoms with Gasteiger partial charge < -0.3 is 15.0 Å². The van der Waals surface area contributed by atoms with Gasteiger partial charge >= 0.3 is 0 Å². The normalized spacial score (nSPS) is 21.3. The summed E-state index contributed by atoms with van der Waals surface area (Å²) in [6.07, 6.45) is 10.8. The van der Waals surface area contributed by atoms with Crippen molar-refractivity contribution in [2.24, 2.45) is 0 Å². The van der Waals surface area contributed by atoms with Gasteiger partial charge in [-0.15, -0.1) is 0 Å². The van der Waals surface area contributed by atoms with Gasteiger partial charge in [0.05, 0.1) is 18.5 Å². The van der Waals surface area contributed by atoms with Crippen molar-refractivity contribution >= 4 is 28.6 Å². The van der Waals surface area contributed by atoms with Crippen molar-refractivity contribution in [2.75, 3.05) is 11.9 Å². The summed E-state index contributed by atoms with van der Waals surface area (Å²) in [4.78, 5) is 13.3. The summed E-state index contributed by atoms with van der Waals surface area (Å²) in [5.41, 5.74) is 1.24. The molecule has 0 aliphatic heterocycles. The Hall–Kier alpha value is -1.40. The lowest BCUT2D eigenvalue weighted by Gasteiger charge is -2.28. The second-order valence-electron chi connectivity index (χ2n) is 6.87. The fourth-order valence-corrected chi connectivity index (χ4v) is 4.22. The summed E-state index contributed by atoms with van der Waals surface area (Å²) in [6, 6.07) is 0.456. The van der Waals surface area contributed by atoms with Crippen LogP contribution in [0.15, 0.2) is 6.33 Å². The van der Waals surface area contributed by atoms with Crippen molar-refractivity contribution in [3.05, 3.63) is 11.6 Å². The third-order valence-electron chi connectivity index (χ3n) is 5.36. The molecule has 2 heterocycles. The highest BCUT2D eigenvalue weighted by molar-refractivity contribution is 6.28. The van der Waals surface area contributed by atoms with Gasteiger partial charge in [0.1, 0.15) is 0 Å². The van der Waals surface area contributed by atoms with Crippen molar-refractivity contribution in [1.29, 1.82) is 0 Å². The lowest BCUT2D eigenvalue weighted by Crippen LogP contribution is -2.39. The molecule has 2 aromatic rings. The Balaban J connectivity index is 1.74. The zero-order valence-corrected chi connectivity index (χ0v) is 13.9. The Bertz CT molecular complexity index is 704. The van der Waals surface area contributed by atoms with Gasteiger partial charge in [-0.25, -0.2) is 4.98 Å². The number of halogens is 1. The number of hydrogen-bond acceptors (Lipinski definition) is 5. The first kappa shape index (κ1) is 15.1. The largest absolute Gasteiger partial charge is 0.394 e. The van der Waals surface area contributed by atoms with Gasteiger partial charge in [0.15, 0.2) is 17.0 Å². The van der Waals surface area contributed by atoms with Crippen LogP contribution in [0.3, 0.4) is 0 Å². The number of imidazole rings is 1. The molecule has 0 bridgehead atoms. The number of fused-ring (bicyclic) bond motifs is 1. The SMILES string of the molecule is OCC1(Nc2nc(Cl)nc3c2ncn3C2CCCC2)CCCC1. The third-order valence-corrected chi connectivity index (χ3v) is 5.53. The molecule has 23 heavy (non-hydrogen) atoms. The van der Waals surface area contributed by atoms with Gasteiger partial charge in [0, 0.05) is 6.04 Å². The van der Waals surface area contributed by atoms with Crippen LogP contribution in [-0.4, -0.2) is 36.8 Å². The molecule has 2 fully saturated rings. The van der Waals surface area contributed by atoms with Gasteiger partial charge in [-0.05, 0) is 37.3 Å². The summed E-state index contributed by atoms with van der Waals surface area (Å²) in [5.74, 6) is 0.646. The predicted octanol–water partition coefficient (Wildman–Crippen LogP) is 3.31. The summed E-state index contributed by atoms with van der Waals surface area (Å²) < 4.78 is 2.14. The Morgan fingerprint density at radius 3 is 2.65 bits per heavy atom. The summed E-state index contributed by atoms with van der Waals surface area (Å²) in [6.45, 7) is 0.0967. The topological polar surface area (TPSA) is 75.9 Å². The van der Waals surface area contributed by atoms with E-state index in [9.17, 15) is 5.11 Å². The maximum atomic E-state index is 9.83. The first-order chi connectivity index (χ1) is 11.2. The highest BCUT2D eigenvalue weighted by atomic mass is 35.5. The monoisotopic (exact) mass is 335 g/mol. The van der Waals surface area contributed by atoms with E-state index >= 15 is 0 Å². The molecule has 0 amide bonds. The van der Waals surface area contributed by atoms with Crippen molar-refractivity contribution in [1.82, 2.24) is 19.5 Å². The van der Waals surface area contributed by atoms with Crippen LogP contribution >= 0.6 is 11.6 Å². The lowest BCUT2D eigenvalue weighted by molar-refractivity contribution is 0.214. The number of aliphatic hydroxyl groups is 1. The quantitative estimate of drug-likeness (QED) is 0.838. The van der Waals surface area contributed by atoms with E-state index in [1.54, 1.807) is 0 Å². The van der Waals surface area contributed by atoms with Crippen molar-refractivity contribution < 1.29 is 5.11 Å². The Labute approximate surface area is 140 Å². The summed E-state index contributed by atoms with van der Waals surface area (Å²) in [5, 5.41) is 13.5. The smallest absolute Gasteiger partial charge is 0.226 e. The molecular formula is C16H22ClN5O. The molecule has 2 aliphatic carbocycles. The molecular weight excluding hydrogens is 314 g/mol. The molecule has 124 valence electrons. The lowest BCUT2D eigenvalue weighted by atomic mass is 9.99. The van der Waals surface area contributed by atoms with Crippen LogP contribution in [0.25, 0.3) is 11.2 Å². The van der Waals surface area contributed by atoms with Crippen LogP contribution in [-0.2, 0) is 0 Å². The van der Waals surface area contributed by atoms with Crippen LogP contribution in [0, 0.1) is 0 Å². The molecule has 0 radical (unpaired) electrons. The van der Waals surface area contributed by atoms with Gasteiger partial charge in [-0.1, -0.05) is 25.7 Å². The number of anilines is 1. The van der Waals surface area contributed by atoms with Crippen molar-refractivity contribution in [3.8, 4) is 0 Å². The minimum atomic E-state index is -0.304. The predicted molar refractivity (Wildman–Crippen MR) is 89.7 cm³/mol. The summed E-state index contributed by atoms with van der Waals surface area (Å²) >= 11 is 6.17. The molecule has 0 unspecified atom stereocenters. The molecule has 2 aliphatic rings. The van der Waals surface area contributed by atoms with Crippen LogP contribution in [0.2, 0.25) is 5.28 Å². The zero-order chi connectivity index (χ0) is 15.9. The number of nitrogens with zero attached hydrogens (tertiary/aromatic N) is 4. The van der Waals surface area contributed by atoms with Gasteiger partial charge in [-0.3, -0.25) is 0 Å². The van der Waals surface area contributed by atoms with Crippen LogP contribution in [0.5, 0.6) is 0 Å². The highest BCUT2D eigenvalue weighted by Crippen LogP contribution is 2.36. The number of aliphatic hydroxyl groups excluding tert-OH is 1. The molecule has 0 saturated heterocycles. The second-order valence-corrected chi connectivity index (χ2v) is 7.21. The Morgan fingerprint density at radius 2 is 1.96 bits per heavy atom. The molecule has 7 heteroatoms. The Kier molecular flexibility index (Phi) is 3.89. The average molecular weight is 336 g/mol. The van der Waals surface area contributed by atoms with E-state index in [1.807, 2.05) is 6.33 Å². The molecule has 2 N–H and O–H groups in total.